The summed E-state index contributed by atoms with van der Waals surface area (Å²) >= 11 is 6.12. The van der Waals surface area contributed by atoms with Crippen molar-refractivity contribution < 1.29 is 27.4 Å². The third-order valence-electron chi connectivity index (χ3n) is 7.42. The minimum absolute atomic E-state index is 0.0942. The average molecular weight is 595 g/mol. The van der Waals surface area contributed by atoms with E-state index in [2.05, 4.69) is 25.4 Å². The van der Waals surface area contributed by atoms with Crippen molar-refractivity contribution in [1.29, 1.82) is 0 Å². The Morgan fingerprint density at radius 1 is 1.24 bits per heavy atom. The Balaban J connectivity index is 1.36. The Morgan fingerprint density at radius 3 is 2.66 bits per heavy atom. The maximum atomic E-state index is 14.4. The lowest BCUT2D eigenvalue weighted by Crippen LogP contribution is -2.42. The monoisotopic (exact) mass is 594 g/mol. The van der Waals surface area contributed by atoms with Crippen LogP contribution in [0.1, 0.15) is 43.5 Å². The Morgan fingerprint density at radius 2 is 2.00 bits per heavy atom. The summed E-state index contributed by atoms with van der Waals surface area (Å²) in [5.74, 6) is -0.407. The second kappa shape index (κ2) is 11.3. The molecule has 0 radical (unpaired) electrons. The number of aromatic nitrogens is 5. The lowest BCUT2D eigenvalue weighted by Gasteiger charge is -2.39. The Labute approximate surface area is 239 Å². The summed E-state index contributed by atoms with van der Waals surface area (Å²) in [5, 5.41) is 7.72. The fraction of sp³-hybridized carbons (Fsp3) is 0.500. The highest BCUT2D eigenvalue weighted by molar-refractivity contribution is 6.30. The number of nitrogens with two attached hydrogens (primary N) is 1. The number of piperidine rings is 1. The maximum absolute atomic E-state index is 14.4. The Bertz CT molecular complexity index is 1410. The van der Waals surface area contributed by atoms with Crippen molar-refractivity contribution in [2.75, 3.05) is 36.9 Å². The number of alkyl halides is 3. The highest BCUT2D eigenvalue weighted by atomic mass is 35.5. The van der Waals surface area contributed by atoms with E-state index in [9.17, 15) is 18.0 Å². The molecule has 11 nitrogen and oxygen atoms in total. The minimum atomic E-state index is -4.84. The first-order chi connectivity index (χ1) is 19.5. The first-order valence-corrected chi connectivity index (χ1v) is 13.6. The number of carbonyl (C=O) groups is 1. The third kappa shape index (κ3) is 6.32. The van der Waals surface area contributed by atoms with E-state index in [1.807, 2.05) is 4.90 Å². The second-order valence-corrected chi connectivity index (χ2v) is 10.7. The van der Waals surface area contributed by atoms with Crippen LogP contribution in [0.4, 0.5) is 25.1 Å². The molecule has 41 heavy (non-hydrogen) atoms. The fourth-order valence-corrected chi connectivity index (χ4v) is 5.51. The van der Waals surface area contributed by atoms with Crippen LogP contribution in [-0.4, -0.2) is 69.2 Å². The molecular formula is C26H30ClF3N8O3. The molecule has 2 atom stereocenters. The smallest absolute Gasteiger partial charge is 0.429 e. The normalized spacial score (nSPS) is 19.4. The van der Waals surface area contributed by atoms with Crippen molar-refractivity contribution in [3.63, 3.8) is 0 Å². The highest BCUT2D eigenvalue weighted by Gasteiger charge is 2.46. The molecule has 2 fully saturated rings. The first-order valence-electron chi connectivity index (χ1n) is 13.2. The maximum Gasteiger partial charge on any atom is 0.429 e. The van der Waals surface area contributed by atoms with Crippen molar-refractivity contribution in [1.82, 2.24) is 30.0 Å². The van der Waals surface area contributed by atoms with Crippen LogP contribution in [0, 0.1) is 12.3 Å². The van der Waals surface area contributed by atoms with Gasteiger partial charge in [-0.2, -0.15) is 33.2 Å². The summed E-state index contributed by atoms with van der Waals surface area (Å²) in [6.45, 7) is 5.51. The van der Waals surface area contributed by atoms with Gasteiger partial charge in [0.1, 0.15) is 6.04 Å². The van der Waals surface area contributed by atoms with E-state index >= 15 is 0 Å². The third-order valence-corrected chi connectivity index (χ3v) is 7.66. The van der Waals surface area contributed by atoms with Gasteiger partial charge < -0.3 is 25.4 Å². The van der Waals surface area contributed by atoms with E-state index in [0.29, 0.717) is 38.4 Å². The number of anilines is 2. The van der Waals surface area contributed by atoms with Crippen LogP contribution in [-0.2, 0) is 9.53 Å². The predicted molar refractivity (Wildman–Crippen MR) is 144 cm³/mol. The van der Waals surface area contributed by atoms with E-state index in [1.54, 1.807) is 19.9 Å². The van der Waals surface area contributed by atoms with Gasteiger partial charge in [0.15, 0.2) is 0 Å². The van der Waals surface area contributed by atoms with Gasteiger partial charge in [-0.25, -0.2) is 4.68 Å². The number of benzene rings is 1. The van der Waals surface area contributed by atoms with Gasteiger partial charge in [0.25, 0.3) is 0 Å². The number of esters is 1. The molecule has 15 heteroatoms. The summed E-state index contributed by atoms with van der Waals surface area (Å²) in [4.78, 5) is 26.2. The molecule has 0 amide bonds. The molecule has 5 rings (SSSR count). The van der Waals surface area contributed by atoms with Gasteiger partial charge in [0.2, 0.25) is 18.0 Å². The zero-order valence-electron chi connectivity index (χ0n) is 22.5. The van der Waals surface area contributed by atoms with Crippen LogP contribution >= 0.6 is 11.6 Å². The molecule has 2 aliphatic heterocycles. The lowest BCUT2D eigenvalue weighted by atomic mass is 9.76. The summed E-state index contributed by atoms with van der Waals surface area (Å²) < 4.78 is 55.1. The van der Waals surface area contributed by atoms with Crippen molar-refractivity contribution >= 4 is 29.5 Å². The summed E-state index contributed by atoms with van der Waals surface area (Å²) in [6, 6.07) is 4.72. The van der Waals surface area contributed by atoms with Crippen molar-refractivity contribution in [3.8, 4) is 11.7 Å². The SMILES string of the molecule is CCOC(=O)C1CC2(CCN(c3nc(N)nc(O[C@H](c4ccc(Cl)cc4-n4ccc(C)n4)C(F)(F)F)n3)CC2)CN1. The van der Waals surface area contributed by atoms with E-state index < -0.39 is 18.3 Å². The molecule has 3 aromatic rings. The molecule has 2 aromatic heterocycles. The van der Waals surface area contributed by atoms with Gasteiger partial charge in [-0.15, -0.1) is 0 Å². The molecule has 4 heterocycles. The van der Waals surface area contributed by atoms with E-state index in [-0.39, 0.29) is 45.6 Å². The number of aryl methyl sites for hydroxylation is 1. The fourth-order valence-electron chi connectivity index (χ4n) is 5.34. The second-order valence-electron chi connectivity index (χ2n) is 10.3. The van der Waals surface area contributed by atoms with E-state index in [4.69, 9.17) is 26.8 Å². The molecule has 1 unspecified atom stereocenters. The molecule has 1 spiro atoms. The number of nitrogens with zero attached hydrogens (tertiary/aromatic N) is 6. The largest absolute Gasteiger partial charge is 0.465 e. The van der Waals surface area contributed by atoms with E-state index in [1.165, 1.54) is 29.1 Å². The number of hydrogen-bond donors (Lipinski definition) is 2. The van der Waals surface area contributed by atoms with Gasteiger partial charge in [-0.05, 0) is 56.7 Å². The van der Waals surface area contributed by atoms with Crippen LogP contribution < -0.4 is 20.7 Å². The molecule has 2 saturated heterocycles. The lowest BCUT2D eigenvalue weighted by molar-refractivity contribution is -0.199. The van der Waals surface area contributed by atoms with Crippen LogP contribution in [0.3, 0.4) is 0 Å². The predicted octanol–water partition coefficient (Wildman–Crippen LogP) is 3.80. The number of nitrogens with one attached hydrogen (secondary N) is 1. The average Bonchev–Trinajstić information content (AvgIpc) is 3.54. The zero-order valence-corrected chi connectivity index (χ0v) is 23.2. The molecule has 0 aliphatic carbocycles. The highest BCUT2D eigenvalue weighted by Crippen LogP contribution is 2.42. The topological polar surface area (TPSA) is 133 Å². The van der Waals surface area contributed by atoms with Gasteiger partial charge in [0, 0.05) is 36.4 Å². The van der Waals surface area contributed by atoms with Crippen LogP contribution in [0.5, 0.6) is 6.01 Å². The van der Waals surface area contributed by atoms with Gasteiger partial charge >= 0.3 is 18.2 Å². The number of carbonyl (C=O) groups excluding carboxylic acids is 1. The van der Waals surface area contributed by atoms with Crippen LogP contribution in [0.2, 0.25) is 5.02 Å². The molecule has 220 valence electrons. The zero-order chi connectivity index (χ0) is 29.4. The van der Waals surface area contributed by atoms with Crippen LogP contribution in [0.25, 0.3) is 5.69 Å². The molecular weight excluding hydrogens is 565 g/mol. The Kier molecular flexibility index (Phi) is 7.97. The van der Waals surface area contributed by atoms with Crippen molar-refractivity contribution in [3.05, 3.63) is 46.7 Å². The minimum Gasteiger partial charge on any atom is -0.465 e. The number of halogens is 4. The molecule has 2 aliphatic rings. The van der Waals surface area contributed by atoms with Gasteiger partial charge in [0.05, 0.1) is 18.0 Å². The molecule has 0 saturated carbocycles. The standard InChI is InChI=1S/C26H30ClF3N8O3/c1-3-40-21(39)18-13-25(14-32-18)7-10-37(11-8-25)23-33-22(31)34-24(35-23)41-20(26(28,29)30)17-5-4-16(27)12-19(17)38-9-6-15(2)36-38/h4-6,9,12,18,20,32H,3,7-8,10-11,13-14H2,1-2H3,(H2,31,33,34,35)/t18?,20-/m1/s1. The van der Waals surface area contributed by atoms with E-state index in [0.717, 1.165) is 12.8 Å². The van der Waals surface area contributed by atoms with Gasteiger partial charge in [-0.3, -0.25) is 4.79 Å². The number of nitrogen functional groups attached to an aromatic ring is 1. The quantitative estimate of drug-likeness (QED) is 0.389. The van der Waals surface area contributed by atoms with Crippen molar-refractivity contribution in [2.24, 2.45) is 5.41 Å². The summed E-state index contributed by atoms with van der Waals surface area (Å²) in [6.07, 6.45) is -3.65. The molecule has 0 bridgehead atoms. The summed E-state index contributed by atoms with van der Waals surface area (Å²) in [5.41, 5.74) is 6.28. The first kappa shape index (κ1) is 28.9. The summed E-state index contributed by atoms with van der Waals surface area (Å²) in [7, 11) is 0. The molecule has 1 aromatic carbocycles. The Hall–Kier alpha value is -3.65. The number of hydrogen-bond acceptors (Lipinski definition) is 10. The van der Waals surface area contributed by atoms with Crippen molar-refractivity contribution in [2.45, 2.75) is 51.4 Å². The van der Waals surface area contributed by atoms with Gasteiger partial charge in [-0.1, -0.05) is 17.7 Å². The number of rotatable bonds is 7. The number of ether oxygens (including phenoxy) is 2. The van der Waals surface area contributed by atoms with Crippen LogP contribution in [0.15, 0.2) is 30.5 Å². The molecule has 3 N–H and O–H groups in total.